The smallest absolute Gasteiger partial charge is 0.332 e. The first-order valence-corrected chi connectivity index (χ1v) is 11.3. The van der Waals surface area contributed by atoms with Gasteiger partial charge in [0.15, 0.2) is 0 Å². The molecule has 2 aromatic carbocycles. The highest BCUT2D eigenvalue weighted by Crippen LogP contribution is 2.27. The maximum absolute atomic E-state index is 12.9. The van der Waals surface area contributed by atoms with Gasteiger partial charge in [0, 0.05) is 32.7 Å². The molecular formula is C26H23N5O5. The second-order valence-electron chi connectivity index (χ2n) is 8.56. The minimum atomic E-state index is -0.533. The summed E-state index contributed by atoms with van der Waals surface area (Å²) in [5, 5.41) is 3.07. The monoisotopic (exact) mass is 485 g/mol. The molecule has 0 spiro atoms. The van der Waals surface area contributed by atoms with Crippen LogP contribution in [0, 0.1) is 0 Å². The van der Waals surface area contributed by atoms with Gasteiger partial charge in [-0.3, -0.25) is 23.5 Å². The van der Waals surface area contributed by atoms with Crippen LogP contribution in [-0.2, 0) is 18.9 Å². The molecule has 2 aromatic heterocycles. The van der Waals surface area contributed by atoms with Gasteiger partial charge in [-0.15, -0.1) is 0 Å². The van der Waals surface area contributed by atoms with Crippen LogP contribution in [0.4, 0.5) is 5.69 Å². The molecular weight excluding hydrogens is 462 g/mol. The lowest BCUT2D eigenvalue weighted by Gasteiger charge is -2.18. The number of benzene rings is 2. The number of hydrogen-bond donors (Lipinski definition) is 1. The first-order chi connectivity index (χ1) is 17.3. The molecule has 0 saturated carbocycles. The Bertz CT molecular complexity index is 1590. The van der Waals surface area contributed by atoms with Crippen molar-refractivity contribution in [2.75, 3.05) is 11.4 Å². The fraction of sp³-hybridized carbons (Fsp3) is 0.192. The summed E-state index contributed by atoms with van der Waals surface area (Å²) >= 11 is 0. The SMILES string of the molecule is Cn1c(=O)c2ccc(C(=O)NC3CC(=O)N(c4ccc(Oc5ccccc5)cc4)C3)nc2n(C)c1=O. The number of hydrogen-bond acceptors (Lipinski definition) is 6. The van der Waals surface area contributed by atoms with Crippen molar-refractivity contribution in [2.24, 2.45) is 14.1 Å². The van der Waals surface area contributed by atoms with Crippen molar-refractivity contribution in [1.29, 1.82) is 0 Å². The van der Waals surface area contributed by atoms with Crippen LogP contribution >= 0.6 is 0 Å². The Morgan fingerprint density at radius 3 is 2.33 bits per heavy atom. The highest BCUT2D eigenvalue weighted by Gasteiger charge is 2.32. The third-order valence-electron chi connectivity index (χ3n) is 6.12. The Morgan fingerprint density at radius 2 is 1.61 bits per heavy atom. The van der Waals surface area contributed by atoms with Crippen molar-refractivity contribution in [2.45, 2.75) is 12.5 Å². The molecule has 1 unspecified atom stereocenters. The van der Waals surface area contributed by atoms with Gasteiger partial charge in [-0.25, -0.2) is 9.78 Å². The largest absolute Gasteiger partial charge is 0.457 e. The van der Waals surface area contributed by atoms with Crippen LogP contribution in [0.2, 0.25) is 0 Å². The molecule has 0 radical (unpaired) electrons. The van der Waals surface area contributed by atoms with E-state index < -0.39 is 23.2 Å². The number of rotatable bonds is 5. The number of fused-ring (bicyclic) bond motifs is 1. The number of nitrogens with zero attached hydrogens (tertiary/aromatic N) is 4. The second-order valence-corrected chi connectivity index (χ2v) is 8.56. The van der Waals surface area contributed by atoms with Crippen LogP contribution in [-0.4, -0.2) is 38.5 Å². The standard InChI is InChI=1S/C26H23N5O5/c1-29-23-20(25(34)30(2)26(29)35)12-13-21(28-23)24(33)27-16-14-22(32)31(15-16)17-8-10-19(11-9-17)36-18-6-4-3-5-7-18/h3-13,16H,14-15H2,1-2H3,(H,27,33). The van der Waals surface area contributed by atoms with Crippen LogP contribution in [0.3, 0.4) is 0 Å². The van der Waals surface area contributed by atoms with Gasteiger partial charge in [0.2, 0.25) is 5.91 Å². The first-order valence-electron chi connectivity index (χ1n) is 11.3. The quantitative estimate of drug-likeness (QED) is 0.462. The van der Waals surface area contributed by atoms with Gasteiger partial charge in [-0.1, -0.05) is 18.2 Å². The van der Waals surface area contributed by atoms with Crippen LogP contribution in [0.5, 0.6) is 11.5 Å². The summed E-state index contributed by atoms with van der Waals surface area (Å²) in [6, 6.07) is 19.0. The Hall–Kier alpha value is -4.73. The lowest BCUT2D eigenvalue weighted by molar-refractivity contribution is -0.117. The lowest BCUT2D eigenvalue weighted by atomic mass is 10.2. The Labute approximate surface area is 205 Å². The molecule has 10 heteroatoms. The molecule has 1 aliphatic rings. The van der Waals surface area contributed by atoms with Crippen LogP contribution in [0.25, 0.3) is 11.0 Å². The van der Waals surface area contributed by atoms with E-state index in [2.05, 4.69) is 10.3 Å². The number of aryl methyl sites for hydroxylation is 1. The van der Waals surface area contributed by atoms with Gasteiger partial charge in [0.05, 0.1) is 11.4 Å². The van der Waals surface area contributed by atoms with Crippen molar-refractivity contribution in [3.8, 4) is 11.5 Å². The van der Waals surface area contributed by atoms with Crippen LogP contribution in [0.15, 0.2) is 76.3 Å². The summed E-state index contributed by atoms with van der Waals surface area (Å²) in [6.45, 7) is 0.302. The van der Waals surface area contributed by atoms with Gasteiger partial charge in [-0.05, 0) is 48.5 Å². The summed E-state index contributed by atoms with van der Waals surface area (Å²) in [7, 11) is 2.87. The molecule has 0 bridgehead atoms. The average molecular weight is 486 g/mol. The molecule has 10 nitrogen and oxygen atoms in total. The maximum Gasteiger partial charge on any atom is 0.332 e. The fourth-order valence-electron chi connectivity index (χ4n) is 4.21. The predicted octanol–water partition coefficient (Wildman–Crippen LogP) is 1.96. The minimum absolute atomic E-state index is 0.0547. The molecule has 1 fully saturated rings. The molecule has 3 heterocycles. The number of nitrogens with one attached hydrogen (secondary N) is 1. The van der Waals surface area contributed by atoms with Crippen molar-refractivity contribution in [3.05, 3.63) is 93.3 Å². The number of ether oxygens (including phenoxy) is 1. The van der Waals surface area contributed by atoms with Crippen molar-refractivity contribution < 1.29 is 14.3 Å². The summed E-state index contributed by atoms with van der Waals surface area (Å²) in [6.07, 6.45) is 0.140. The zero-order chi connectivity index (χ0) is 25.4. The van der Waals surface area contributed by atoms with Crippen molar-refractivity contribution in [3.63, 3.8) is 0 Å². The molecule has 1 aliphatic heterocycles. The predicted molar refractivity (Wildman–Crippen MR) is 133 cm³/mol. The van der Waals surface area contributed by atoms with Crippen LogP contribution in [0.1, 0.15) is 16.9 Å². The normalized spacial score (nSPS) is 15.3. The van der Waals surface area contributed by atoms with E-state index in [4.69, 9.17) is 4.74 Å². The number of pyridine rings is 1. The minimum Gasteiger partial charge on any atom is -0.457 e. The second kappa shape index (κ2) is 9.14. The van der Waals surface area contributed by atoms with E-state index in [0.29, 0.717) is 23.7 Å². The van der Waals surface area contributed by atoms with E-state index >= 15 is 0 Å². The van der Waals surface area contributed by atoms with E-state index in [9.17, 15) is 19.2 Å². The van der Waals surface area contributed by atoms with Gasteiger partial charge in [0.1, 0.15) is 22.8 Å². The number of carbonyl (C=O) groups is 2. The Morgan fingerprint density at radius 1 is 0.917 bits per heavy atom. The van der Waals surface area contributed by atoms with Gasteiger partial charge < -0.3 is 15.0 Å². The Kier molecular flexibility index (Phi) is 5.85. The third-order valence-corrected chi connectivity index (χ3v) is 6.12. The fourth-order valence-corrected chi connectivity index (χ4v) is 4.21. The van der Waals surface area contributed by atoms with E-state index in [-0.39, 0.29) is 29.1 Å². The molecule has 182 valence electrons. The molecule has 0 aliphatic carbocycles. The van der Waals surface area contributed by atoms with Crippen molar-refractivity contribution in [1.82, 2.24) is 19.4 Å². The summed E-state index contributed by atoms with van der Waals surface area (Å²) in [5.41, 5.74) is -0.136. The zero-order valence-corrected chi connectivity index (χ0v) is 19.7. The van der Waals surface area contributed by atoms with E-state index in [1.165, 1.54) is 30.8 Å². The van der Waals surface area contributed by atoms with Crippen molar-refractivity contribution >= 4 is 28.5 Å². The number of para-hydroxylation sites is 1. The number of carbonyl (C=O) groups excluding carboxylic acids is 2. The summed E-state index contributed by atoms with van der Waals surface area (Å²) < 4.78 is 8.01. The highest BCUT2D eigenvalue weighted by atomic mass is 16.5. The number of amides is 2. The topological polar surface area (TPSA) is 116 Å². The van der Waals surface area contributed by atoms with Gasteiger partial charge in [-0.2, -0.15) is 0 Å². The molecule has 4 aromatic rings. The molecule has 36 heavy (non-hydrogen) atoms. The first kappa shape index (κ1) is 23.0. The third kappa shape index (κ3) is 4.24. The summed E-state index contributed by atoms with van der Waals surface area (Å²) in [4.78, 5) is 55.9. The molecule has 5 rings (SSSR count). The van der Waals surface area contributed by atoms with Crippen LogP contribution < -0.4 is 26.2 Å². The average Bonchev–Trinajstić information content (AvgIpc) is 3.26. The molecule has 1 saturated heterocycles. The lowest BCUT2D eigenvalue weighted by Crippen LogP contribution is -2.39. The summed E-state index contributed by atoms with van der Waals surface area (Å²) in [5.74, 6) is 0.756. The van der Waals surface area contributed by atoms with E-state index in [1.54, 1.807) is 29.2 Å². The van der Waals surface area contributed by atoms with E-state index in [1.807, 2.05) is 30.3 Å². The highest BCUT2D eigenvalue weighted by molar-refractivity contribution is 5.99. The number of aromatic nitrogens is 3. The molecule has 1 atom stereocenters. The molecule has 2 amide bonds. The Balaban J connectivity index is 1.29. The zero-order valence-electron chi connectivity index (χ0n) is 19.7. The molecule has 1 N–H and O–H groups in total. The number of anilines is 1. The van der Waals surface area contributed by atoms with Gasteiger partial charge in [0.25, 0.3) is 11.5 Å². The maximum atomic E-state index is 12.9. The van der Waals surface area contributed by atoms with E-state index in [0.717, 1.165) is 4.57 Å². The van der Waals surface area contributed by atoms with Gasteiger partial charge >= 0.3 is 5.69 Å².